The van der Waals surface area contributed by atoms with Crippen molar-refractivity contribution in [1.29, 1.82) is 0 Å². The van der Waals surface area contributed by atoms with Gasteiger partial charge in [0.2, 0.25) is 0 Å². The van der Waals surface area contributed by atoms with Crippen LogP contribution in [0.3, 0.4) is 0 Å². The third-order valence-corrected chi connectivity index (χ3v) is 4.78. The number of aliphatic imine (C=N–C) groups is 2. The first kappa shape index (κ1) is 16.6. The summed E-state index contributed by atoms with van der Waals surface area (Å²) < 4.78 is 0. The molecule has 0 bridgehead atoms. The largest absolute Gasteiger partial charge is 0.251 e. The predicted octanol–water partition coefficient (Wildman–Crippen LogP) is 6.34. The number of rotatable bonds is 2. The summed E-state index contributed by atoms with van der Waals surface area (Å²) >= 11 is 0. The lowest BCUT2D eigenvalue weighted by Crippen LogP contribution is -2.19. The molecule has 0 amide bonds. The molecular formula is C22H26N2. The minimum Gasteiger partial charge on any atom is -0.251 e. The maximum Gasteiger partial charge on any atom is 0.0692 e. The van der Waals surface area contributed by atoms with Crippen LogP contribution in [0.2, 0.25) is 0 Å². The number of hydrogen-bond donors (Lipinski definition) is 0. The van der Waals surface area contributed by atoms with Crippen molar-refractivity contribution in [2.45, 2.75) is 53.4 Å². The quantitative estimate of drug-likeness (QED) is 0.617. The fourth-order valence-electron chi connectivity index (χ4n) is 3.35. The molecule has 1 aliphatic carbocycles. The summed E-state index contributed by atoms with van der Waals surface area (Å²) in [4.78, 5) is 10.1. The number of hydrogen-bond acceptors (Lipinski definition) is 2. The highest BCUT2D eigenvalue weighted by atomic mass is 14.8. The van der Waals surface area contributed by atoms with Crippen molar-refractivity contribution < 1.29 is 0 Å². The molecule has 0 saturated heterocycles. The molecule has 0 spiro atoms. The summed E-state index contributed by atoms with van der Waals surface area (Å²) in [7, 11) is 0. The van der Waals surface area contributed by atoms with E-state index < -0.39 is 0 Å². The van der Waals surface area contributed by atoms with Crippen LogP contribution >= 0.6 is 0 Å². The number of para-hydroxylation sites is 2. The van der Waals surface area contributed by atoms with Gasteiger partial charge in [0.1, 0.15) is 0 Å². The van der Waals surface area contributed by atoms with Crippen LogP contribution in [-0.4, -0.2) is 11.4 Å². The smallest absolute Gasteiger partial charge is 0.0692 e. The summed E-state index contributed by atoms with van der Waals surface area (Å²) in [6.45, 7) is 8.55. The molecule has 0 atom stereocenters. The Labute approximate surface area is 145 Å². The van der Waals surface area contributed by atoms with Crippen LogP contribution in [0, 0.1) is 27.7 Å². The van der Waals surface area contributed by atoms with Gasteiger partial charge in [0, 0.05) is 0 Å². The van der Waals surface area contributed by atoms with Crippen LogP contribution in [0.25, 0.3) is 0 Å². The lowest BCUT2D eigenvalue weighted by molar-refractivity contribution is 0.776. The summed E-state index contributed by atoms with van der Waals surface area (Å²) in [5.41, 5.74) is 9.51. The molecule has 0 radical (unpaired) electrons. The molecule has 0 aromatic heterocycles. The van der Waals surface area contributed by atoms with Crippen molar-refractivity contribution in [3.05, 3.63) is 58.7 Å². The third-order valence-electron chi connectivity index (χ3n) is 4.78. The average Bonchev–Trinajstić information content (AvgIpc) is 2.56. The molecule has 2 nitrogen and oxygen atoms in total. The van der Waals surface area contributed by atoms with Gasteiger partial charge in [-0.3, -0.25) is 9.98 Å². The molecule has 24 heavy (non-hydrogen) atoms. The van der Waals surface area contributed by atoms with Gasteiger partial charge in [-0.1, -0.05) is 36.4 Å². The number of benzene rings is 2. The average molecular weight is 318 g/mol. The van der Waals surface area contributed by atoms with Crippen molar-refractivity contribution in [3.63, 3.8) is 0 Å². The first-order chi connectivity index (χ1) is 11.6. The molecule has 1 saturated carbocycles. The molecule has 1 fully saturated rings. The standard InChI is InChI=1S/C22H26N2/c1-15-9-7-10-16(2)21(15)23-19-13-5-6-14-20(19)24-22-17(3)11-8-12-18(22)4/h7-12H,5-6,13-14H2,1-4H3. The van der Waals surface area contributed by atoms with E-state index in [9.17, 15) is 0 Å². The van der Waals surface area contributed by atoms with Gasteiger partial charge >= 0.3 is 0 Å². The summed E-state index contributed by atoms with van der Waals surface area (Å²) in [6.07, 6.45) is 4.46. The zero-order valence-corrected chi connectivity index (χ0v) is 15.2. The van der Waals surface area contributed by atoms with Gasteiger partial charge in [0.25, 0.3) is 0 Å². The molecule has 0 aliphatic heterocycles. The molecule has 0 unspecified atom stereocenters. The van der Waals surface area contributed by atoms with E-state index in [-0.39, 0.29) is 0 Å². The normalized spacial score (nSPS) is 18.3. The molecule has 2 aromatic rings. The van der Waals surface area contributed by atoms with Crippen LogP contribution in [0.1, 0.15) is 47.9 Å². The van der Waals surface area contributed by atoms with E-state index in [1.807, 2.05) is 0 Å². The highest BCUT2D eigenvalue weighted by Gasteiger charge is 2.17. The van der Waals surface area contributed by atoms with E-state index in [1.165, 1.54) is 46.5 Å². The van der Waals surface area contributed by atoms with Gasteiger partial charge in [-0.2, -0.15) is 0 Å². The summed E-state index contributed by atoms with van der Waals surface area (Å²) in [5.74, 6) is 0. The number of nitrogens with zero attached hydrogens (tertiary/aromatic N) is 2. The molecular weight excluding hydrogens is 292 g/mol. The maximum absolute atomic E-state index is 5.04. The topological polar surface area (TPSA) is 24.7 Å². The van der Waals surface area contributed by atoms with Crippen molar-refractivity contribution >= 4 is 22.8 Å². The molecule has 1 aliphatic rings. The van der Waals surface area contributed by atoms with Crippen LogP contribution in [0.4, 0.5) is 11.4 Å². The minimum atomic E-state index is 1.03. The van der Waals surface area contributed by atoms with E-state index in [0.29, 0.717) is 0 Å². The van der Waals surface area contributed by atoms with E-state index >= 15 is 0 Å². The van der Waals surface area contributed by atoms with E-state index in [4.69, 9.17) is 9.98 Å². The van der Waals surface area contributed by atoms with Gasteiger partial charge in [0.15, 0.2) is 0 Å². The molecule has 124 valence electrons. The molecule has 2 aromatic carbocycles. The van der Waals surface area contributed by atoms with Crippen LogP contribution in [0.15, 0.2) is 46.4 Å². The Hall–Kier alpha value is -2.22. The summed E-state index contributed by atoms with van der Waals surface area (Å²) in [6, 6.07) is 12.7. The Morgan fingerprint density at radius 3 is 1.25 bits per heavy atom. The van der Waals surface area contributed by atoms with Gasteiger partial charge in [0.05, 0.1) is 22.8 Å². The van der Waals surface area contributed by atoms with Crippen molar-refractivity contribution in [1.82, 2.24) is 0 Å². The fraction of sp³-hybridized carbons (Fsp3) is 0.364. The monoisotopic (exact) mass is 318 g/mol. The highest BCUT2D eigenvalue weighted by molar-refractivity contribution is 6.43. The third kappa shape index (κ3) is 3.48. The Balaban J connectivity index is 2.06. The second-order valence-electron chi connectivity index (χ2n) is 6.80. The first-order valence-corrected chi connectivity index (χ1v) is 8.84. The molecule has 3 rings (SSSR count). The Morgan fingerprint density at radius 1 is 0.583 bits per heavy atom. The van der Waals surface area contributed by atoms with Crippen molar-refractivity contribution in [2.24, 2.45) is 9.98 Å². The van der Waals surface area contributed by atoms with Crippen LogP contribution in [-0.2, 0) is 0 Å². The van der Waals surface area contributed by atoms with Crippen molar-refractivity contribution in [2.75, 3.05) is 0 Å². The lowest BCUT2D eigenvalue weighted by Gasteiger charge is -2.18. The van der Waals surface area contributed by atoms with Gasteiger partial charge in [-0.05, 0) is 75.6 Å². The van der Waals surface area contributed by atoms with Gasteiger partial charge in [-0.15, -0.1) is 0 Å². The SMILES string of the molecule is Cc1cccc(C)c1N=C1CCCCC1=Nc1c(C)cccc1C. The van der Waals surface area contributed by atoms with E-state index in [2.05, 4.69) is 64.1 Å². The van der Waals surface area contributed by atoms with Gasteiger partial charge in [-0.25, -0.2) is 0 Å². The molecule has 0 N–H and O–H groups in total. The Kier molecular flexibility index (Phi) is 4.94. The van der Waals surface area contributed by atoms with Crippen LogP contribution in [0.5, 0.6) is 0 Å². The van der Waals surface area contributed by atoms with E-state index in [1.54, 1.807) is 0 Å². The fourth-order valence-corrected chi connectivity index (χ4v) is 3.35. The second kappa shape index (κ2) is 7.12. The van der Waals surface area contributed by atoms with E-state index in [0.717, 1.165) is 24.2 Å². The Morgan fingerprint density at radius 2 is 0.917 bits per heavy atom. The summed E-state index contributed by atoms with van der Waals surface area (Å²) in [5, 5.41) is 0. The van der Waals surface area contributed by atoms with Crippen molar-refractivity contribution in [3.8, 4) is 0 Å². The second-order valence-corrected chi connectivity index (χ2v) is 6.80. The first-order valence-electron chi connectivity index (χ1n) is 8.84. The van der Waals surface area contributed by atoms with Crippen LogP contribution < -0.4 is 0 Å². The zero-order chi connectivity index (χ0) is 17.1. The number of aryl methyl sites for hydroxylation is 4. The minimum absolute atomic E-state index is 1.03. The molecule has 0 heterocycles. The Bertz CT molecular complexity index is 703. The highest BCUT2D eigenvalue weighted by Crippen LogP contribution is 2.28. The lowest BCUT2D eigenvalue weighted by atomic mass is 9.95. The molecule has 2 heteroatoms. The van der Waals surface area contributed by atoms with Gasteiger partial charge < -0.3 is 0 Å². The zero-order valence-electron chi connectivity index (χ0n) is 15.2. The maximum atomic E-state index is 5.04. The predicted molar refractivity (Wildman–Crippen MR) is 104 cm³/mol.